The topological polar surface area (TPSA) is 98.5 Å². The van der Waals surface area contributed by atoms with E-state index in [2.05, 4.69) is 9.46 Å². The van der Waals surface area contributed by atoms with E-state index in [1.807, 2.05) is 20.8 Å². The van der Waals surface area contributed by atoms with Gasteiger partial charge in [-0.3, -0.25) is 0 Å². The number of esters is 1. The summed E-state index contributed by atoms with van der Waals surface area (Å²) in [7, 11) is -2.63. The average molecular weight is 314 g/mol. The van der Waals surface area contributed by atoms with Crippen molar-refractivity contribution in [3.8, 4) is 0 Å². The summed E-state index contributed by atoms with van der Waals surface area (Å²) in [5, 5.41) is 0. The number of carbonyl (C=O) groups is 1. The number of methoxy groups -OCH3 is 1. The van der Waals surface area contributed by atoms with Gasteiger partial charge in [-0.2, -0.15) is 0 Å². The summed E-state index contributed by atoms with van der Waals surface area (Å²) >= 11 is 0. The summed E-state index contributed by atoms with van der Waals surface area (Å²) in [6.45, 7) is 5.76. The zero-order valence-corrected chi connectivity index (χ0v) is 13.5. The Hall–Kier alpha value is -1.60. The summed E-state index contributed by atoms with van der Waals surface area (Å²) in [6, 6.07) is 3.85. The van der Waals surface area contributed by atoms with Gasteiger partial charge in [0.25, 0.3) is 0 Å². The van der Waals surface area contributed by atoms with E-state index in [0.29, 0.717) is 12.1 Å². The number of nitrogens with one attached hydrogen (secondary N) is 1. The number of carbonyl (C=O) groups excluding carboxylic acids is 1. The number of anilines is 1. The van der Waals surface area contributed by atoms with Crippen LogP contribution in [-0.4, -0.2) is 27.5 Å². The van der Waals surface area contributed by atoms with Gasteiger partial charge in [0.15, 0.2) is 0 Å². The molecule has 21 heavy (non-hydrogen) atoms. The molecule has 3 N–H and O–H groups in total. The van der Waals surface area contributed by atoms with Crippen LogP contribution in [0.1, 0.15) is 37.6 Å². The van der Waals surface area contributed by atoms with Crippen LogP contribution in [0.15, 0.2) is 23.1 Å². The lowest BCUT2D eigenvalue weighted by atomic mass is 10.0. The lowest BCUT2D eigenvalue weighted by Gasteiger charge is -2.21. The van der Waals surface area contributed by atoms with E-state index in [4.69, 9.17) is 5.73 Å². The molecule has 0 spiro atoms. The molecule has 1 unspecified atom stereocenters. The molecule has 1 rings (SSSR count). The van der Waals surface area contributed by atoms with Crippen molar-refractivity contribution in [1.29, 1.82) is 0 Å². The number of sulfonamides is 1. The molecule has 6 nitrogen and oxygen atoms in total. The average Bonchev–Trinajstić information content (AvgIpc) is 2.43. The molecule has 1 atom stereocenters. The van der Waals surface area contributed by atoms with Crippen LogP contribution in [0.3, 0.4) is 0 Å². The molecule has 0 saturated carbocycles. The highest BCUT2D eigenvalue weighted by Crippen LogP contribution is 2.21. The first-order chi connectivity index (χ1) is 9.72. The standard InChI is InChI=1S/C14H22N2O4S/c1-5-12(9(2)3)16-21(18,19)13-7-6-10(15)8-11(13)14(17)20-4/h6-9,12,16H,5,15H2,1-4H3. The van der Waals surface area contributed by atoms with Gasteiger partial charge in [0.2, 0.25) is 10.0 Å². The Morgan fingerprint density at radius 2 is 2.00 bits per heavy atom. The zero-order chi connectivity index (χ0) is 16.2. The van der Waals surface area contributed by atoms with Crippen LogP contribution in [0.2, 0.25) is 0 Å². The molecule has 0 heterocycles. The zero-order valence-electron chi connectivity index (χ0n) is 12.7. The maximum Gasteiger partial charge on any atom is 0.339 e. The Bertz CT molecular complexity index is 611. The molecule has 0 amide bonds. The fourth-order valence-electron chi connectivity index (χ4n) is 2.00. The summed E-state index contributed by atoms with van der Waals surface area (Å²) in [5.41, 5.74) is 5.85. The monoisotopic (exact) mass is 314 g/mol. The lowest BCUT2D eigenvalue weighted by molar-refractivity contribution is 0.0596. The van der Waals surface area contributed by atoms with Crippen molar-refractivity contribution >= 4 is 21.7 Å². The first kappa shape index (κ1) is 17.5. The van der Waals surface area contributed by atoms with Gasteiger partial charge in [0, 0.05) is 11.7 Å². The number of hydrogen-bond acceptors (Lipinski definition) is 5. The highest BCUT2D eigenvalue weighted by Gasteiger charge is 2.26. The van der Waals surface area contributed by atoms with Crippen LogP contribution in [0.4, 0.5) is 5.69 Å². The van der Waals surface area contributed by atoms with Gasteiger partial charge >= 0.3 is 5.97 Å². The maximum atomic E-state index is 12.5. The Labute approximate surface area is 125 Å². The molecule has 0 aliphatic heterocycles. The minimum absolute atomic E-state index is 0.0661. The van der Waals surface area contributed by atoms with Crippen LogP contribution in [-0.2, 0) is 14.8 Å². The largest absolute Gasteiger partial charge is 0.465 e. The smallest absolute Gasteiger partial charge is 0.339 e. The molecular weight excluding hydrogens is 292 g/mol. The Kier molecular flexibility index (Phi) is 5.74. The van der Waals surface area contributed by atoms with E-state index in [-0.39, 0.29) is 22.4 Å². The Morgan fingerprint density at radius 1 is 1.38 bits per heavy atom. The van der Waals surface area contributed by atoms with Crippen molar-refractivity contribution in [2.24, 2.45) is 5.92 Å². The van der Waals surface area contributed by atoms with Crippen molar-refractivity contribution in [3.63, 3.8) is 0 Å². The van der Waals surface area contributed by atoms with E-state index in [9.17, 15) is 13.2 Å². The predicted octanol–water partition coefficient (Wildman–Crippen LogP) is 1.77. The molecule has 7 heteroatoms. The molecule has 1 aromatic carbocycles. The van der Waals surface area contributed by atoms with Crippen molar-refractivity contribution in [2.45, 2.75) is 38.1 Å². The summed E-state index contributed by atoms with van der Waals surface area (Å²) in [5.74, 6) is -0.597. The first-order valence-corrected chi connectivity index (χ1v) is 8.21. The minimum Gasteiger partial charge on any atom is -0.465 e. The fourth-order valence-corrected chi connectivity index (χ4v) is 3.65. The van der Waals surface area contributed by atoms with Crippen molar-refractivity contribution in [2.75, 3.05) is 12.8 Å². The molecule has 0 aromatic heterocycles. The number of hydrogen-bond donors (Lipinski definition) is 2. The number of rotatable bonds is 6. The van der Waals surface area contributed by atoms with E-state index in [1.165, 1.54) is 25.3 Å². The third kappa shape index (κ3) is 4.18. The van der Waals surface area contributed by atoms with E-state index in [0.717, 1.165) is 0 Å². The highest BCUT2D eigenvalue weighted by atomic mass is 32.2. The number of ether oxygens (including phenoxy) is 1. The second-order valence-corrected chi connectivity index (χ2v) is 6.81. The van der Waals surface area contributed by atoms with Gasteiger partial charge < -0.3 is 10.5 Å². The van der Waals surface area contributed by atoms with E-state index >= 15 is 0 Å². The fraction of sp³-hybridized carbons (Fsp3) is 0.500. The molecule has 0 aliphatic rings. The van der Waals surface area contributed by atoms with Crippen LogP contribution in [0.25, 0.3) is 0 Å². The minimum atomic E-state index is -3.83. The quantitative estimate of drug-likeness (QED) is 0.616. The summed E-state index contributed by atoms with van der Waals surface area (Å²) in [6.07, 6.45) is 0.652. The SMILES string of the molecule is CCC(NS(=O)(=O)c1ccc(N)cc1C(=O)OC)C(C)C. The number of nitrogen functional groups attached to an aromatic ring is 1. The van der Waals surface area contributed by atoms with E-state index in [1.54, 1.807) is 0 Å². The normalized spacial score (nSPS) is 13.2. The highest BCUT2D eigenvalue weighted by molar-refractivity contribution is 7.89. The van der Waals surface area contributed by atoms with Gasteiger partial charge in [0.05, 0.1) is 17.6 Å². The van der Waals surface area contributed by atoms with Crippen LogP contribution in [0.5, 0.6) is 0 Å². The van der Waals surface area contributed by atoms with Gasteiger partial charge in [-0.15, -0.1) is 0 Å². The molecule has 118 valence electrons. The van der Waals surface area contributed by atoms with Crippen molar-refractivity contribution in [1.82, 2.24) is 4.72 Å². The summed E-state index contributed by atoms with van der Waals surface area (Å²) < 4.78 is 32.2. The van der Waals surface area contributed by atoms with Gasteiger partial charge in [-0.25, -0.2) is 17.9 Å². The third-order valence-electron chi connectivity index (χ3n) is 3.25. The molecule has 0 fully saturated rings. The van der Waals surface area contributed by atoms with E-state index < -0.39 is 16.0 Å². The van der Waals surface area contributed by atoms with Crippen LogP contribution in [0, 0.1) is 5.92 Å². The predicted molar refractivity (Wildman–Crippen MR) is 81.4 cm³/mol. The molecule has 0 aliphatic carbocycles. The lowest BCUT2D eigenvalue weighted by Crippen LogP contribution is -2.38. The number of nitrogens with two attached hydrogens (primary N) is 1. The Morgan fingerprint density at radius 3 is 2.48 bits per heavy atom. The van der Waals surface area contributed by atoms with Gasteiger partial charge in [-0.1, -0.05) is 20.8 Å². The second kappa shape index (κ2) is 6.91. The maximum absolute atomic E-state index is 12.5. The molecule has 0 saturated heterocycles. The third-order valence-corrected chi connectivity index (χ3v) is 4.80. The molecule has 0 bridgehead atoms. The Balaban J connectivity index is 3.28. The second-order valence-electron chi connectivity index (χ2n) is 5.13. The van der Waals surface area contributed by atoms with Crippen molar-refractivity contribution < 1.29 is 17.9 Å². The first-order valence-electron chi connectivity index (χ1n) is 6.73. The van der Waals surface area contributed by atoms with Crippen LogP contribution < -0.4 is 10.5 Å². The number of benzene rings is 1. The molecular formula is C14H22N2O4S. The summed E-state index contributed by atoms with van der Waals surface area (Å²) in [4.78, 5) is 11.6. The molecule has 1 aromatic rings. The van der Waals surface area contributed by atoms with Gasteiger partial charge in [0.1, 0.15) is 0 Å². The van der Waals surface area contributed by atoms with Crippen molar-refractivity contribution in [3.05, 3.63) is 23.8 Å². The van der Waals surface area contributed by atoms with Gasteiger partial charge in [-0.05, 0) is 30.5 Å². The van der Waals surface area contributed by atoms with Crippen LogP contribution >= 0.6 is 0 Å². The molecule has 0 radical (unpaired) electrons.